The second kappa shape index (κ2) is 13.4. The summed E-state index contributed by atoms with van der Waals surface area (Å²) in [5.74, 6) is -0.638. The smallest absolute Gasteiger partial charge is 0.154 e. The van der Waals surface area contributed by atoms with Crippen LogP contribution in [0.15, 0.2) is 146 Å². The van der Waals surface area contributed by atoms with E-state index in [-0.39, 0.29) is 17.6 Å². The van der Waals surface area contributed by atoms with Gasteiger partial charge in [-0.3, -0.25) is 4.79 Å². The molecule has 0 heterocycles. The zero-order valence-electron chi connectivity index (χ0n) is 20.2. The van der Waals surface area contributed by atoms with Crippen molar-refractivity contribution in [2.24, 2.45) is 11.8 Å². The SMILES string of the molecule is O=C(C(C=Cc1ccccc1)/C=C/c1ccccc1)C(C=Cc1ccccc1)/C=C/c1ccccc1. The number of benzene rings is 4. The molecule has 0 spiro atoms. The van der Waals surface area contributed by atoms with Crippen LogP contribution in [0, 0.1) is 11.8 Å². The lowest BCUT2D eigenvalue weighted by Crippen LogP contribution is -2.18. The first-order valence-electron chi connectivity index (χ1n) is 12.2. The van der Waals surface area contributed by atoms with E-state index in [9.17, 15) is 4.79 Å². The van der Waals surface area contributed by atoms with Gasteiger partial charge < -0.3 is 0 Å². The summed E-state index contributed by atoms with van der Waals surface area (Å²) < 4.78 is 0. The molecule has 36 heavy (non-hydrogen) atoms. The van der Waals surface area contributed by atoms with E-state index < -0.39 is 0 Å². The number of hydrogen-bond acceptors (Lipinski definition) is 1. The molecular weight excluding hydrogens is 436 g/mol. The summed E-state index contributed by atoms with van der Waals surface area (Å²) in [5.41, 5.74) is 4.28. The van der Waals surface area contributed by atoms with Crippen molar-refractivity contribution in [1.29, 1.82) is 0 Å². The van der Waals surface area contributed by atoms with Crippen LogP contribution in [0.3, 0.4) is 0 Å². The second-order valence-electron chi connectivity index (χ2n) is 8.53. The Kier molecular flexibility index (Phi) is 9.17. The van der Waals surface area contributed by atoms with Gasteiger partial charge in [0.2, 0.25) is 0 Å². The number of hydrogen-bond donors (Lipinski definition) is 0. The number of carbonyl (C=O) groups excluding carboxylic acids is 1. The quantitative estimate of drug-likeness (QED) is 0.229. The molecule has 2 atom stereocenters. The number of carbonyl (C=O) groups is 1. The molecule has 2 unspecified atom stereocenters. The lowest BCUT2D eigenvalue weighted by atomic mass is 9.89. The summed E-state index contributed by atoms with van der Waals surface area (Å²) in [6.07, 6.45) is 16.1. The Hall–Kier alpha value is -4.49. The maximum absolute atomic E-state index is 13.9. The minimum Gasteiger partial charge on any atom is -0.298 e. The molecule has 0 aliphatic rings. The first-order chi connectivity index (χ1) is 17.8. The van der Waals surface area contributed by atoms with Gasteiger partial charge >= 0.3 is 0 Å². The van der Waals surface area contributed by atoms with Gasteiger partial charge in [0, 0.05) is 0 Å². The number of ketones is 1. The standard InChI is InChI=1S/C35H30O/c36-35(33(25-21-29-13-5-1-6-14-29)26-22-30-15-7-2-8-16-30)34(27-23-31-17-9-3-10-18-31)28-24-32-19-11-4-12-20-32/h1-28,33-34H/b25-21+,26-22?,27-23+,28-24?. The molecule has 0 saturated carbocycles. The van der Waals surface area contributed by atoms with Crippen LogP contribution < -0.4 is 0 Å². The summed E-state index contributed by atoms with van der Waals surface area (Å²) in [7, 11) is 0. The molecule has 0 fully saturated rings. The van der Waals surface area contributed by atoms with E-state index in [1.54, 1.807) is 0 Å². The van der Waals surface area contributed by atoms with Gasteiger partial charge in [-0.1, -0.05) is 170 Å². The summed E-state index contributed by atoms with van der Waals surface area (Å²) >= 11 is 0. The molecule has 4 aromatic carbocycles. The predicted molar refractivity (Wildman–Crippen MR) is 154 cm³/mol. The average molecular weight is 467 g/mol. The molecule has 4 rings (SSSR count). The fraction of sp³-hybridized carbons (Fsp3) is 0.0571. The van der Waals surface area contributed by atoms with Crippen LogP contribution in [0.5, 0.6) is 0 Å². The molecule has 1 heteroatoms. The van der Waals surface area contributed by atoms with Gasteiger partial charge in [-0.25, -0.2) is 0 Å². The fourth-order valence-electron chi connectivity index (χ4n) is 3.85. The summed E-state index contributed by atoms with van der Waals surface area (Å²) in [6, 6.07) is 40.4. The van der Waals surface area contributed by atoms with Gasteiger partial charge in [-0.05, 0) is 22.3 Å². The van der Waals surface area contributed by atoms with Crippen molar-refractivity contribution in [3.8, 4) is 0 Å². The van der Waals surface area contributed by atoms with Crippen molar-refractivity contribution in [3.05, 3.63) is 168 Å². The minimum atomic E-state index is -0.378. The normalized spacial score (nSPS) is 13.6. The third-order valence-corrected chi connectivity index (χ3v) is 5.84. The van der Waals surface area contributed by atoms with E-state index in [4.69, 9.17) is 0 Å². The Morgan fingerprint density at radius 3 is 0.833 bits per heavy atom. The second-order valence-corrected chi connectivity index (χ2v) is 8.53. The van der Waals surface area contributed by atoms with Gasteiger partial charge in [0.15, 0.2) is 5.78 Å². The van der Waals surface area contributed by atoms with E-state index in [0.717, 1.165) is 22.3 Å². The van der Waals surface area contributed by atoms with Crippen LogP contribution in [0.25, 0.3) is 24.3 Å². The lowest BCUT2D eigenvalue weighted by molar-refractivity contribution is -0.121. The third kappa shape index (κ3) is 7.78. The van der Waals surface area contributed by atoms with Gasteiger partial charge in [-0.15, -0.1) is 0 Å². The first-order valence-corrected chi connectivity index (χ1v) is 12.2. The molecule has 0 aliphatic carbocycles. The predicted octanol–water partition coefficient (Wildman–Crippen LogP) is 8.64. The van der Waals surface area contributed by atoms with Gasteiger partial charge in [-0.2, -0.15) is 0 Å². The Morgan fingerprint density at radius 1 is 0.389 bits per heavy atom. The molecule has 0 aromatic heterocycles. The highest BCUT2D eigenvalue weighted by molar-refractivity contribution is 5.92. The van der Waals surface area contributed by atoms with Crippen LogP contribution in [0.4, 0.5) is 0 Å². The molecule has 4 aromatic rings. The Morgan fingerprint density at radius 2 is 0.611 bits per heavy atom. The Bertz CT molecular complexity index is 1110. The van der Waals surface area contributed by atoms with E-state index in [1.807, 2.05) is 170 Å². The zero-order chi connectivity index (χ0) is 24.8. The monoisotopic (exact) mass is 466 g/mol. The molecule has 0 saturated heterocycles. The maximum atomic E-state index is 13.9. The van der Waals surface area contributed by atoms with E-state index >= 15 is 0 Å². The van der Waals surface area contributed by atoms with Gasteiger partial charge in [0.05, 0.1) is 11.8 Å². The van der Waals surface area contributed by atoms with Crippen molar-refractivity contribution < 1.29 is 4.79 Å². The van der Waals surface area contributed by atoms with Gasteiger partial charge in [0.1, 0.15) is 0 Å². The van der Waals surface area contributed by atoms with Crippen molar-refractivity contribution in [3.63, 3.8) is 0 Å². The Labute approximate surface area is 214 Å². The Balaban J connectivity index is 1.66. The summed E-state index contributed by atoms with van der Waals surface area (Å²) in [6.45, 7) is 0. The van der Waals surface area contributed by atoms with Crippen LogP contribution in [0.1, 0.15) is 22.3 Å². The van der Waals surface area contributed by atoms with E-state index in [0.29, 0.717) is 0 Å². The van der Waals surface area contributed by atoms with Gasteiger partial charge in [0.25, 0.3) is 0 Å². The van der Waals surface area contributed by atoms with Crippen LogP contribution in [-0.4, -0.2) is 5.78 Å². The van der Waals surface area contributed by atoms with Crippen molar-refractivity contribution in [2.45, 2.75) is 0 Å². The molecule has 0 aliphatic heterocycles. The summed E-state index contributed by atoms with van der Waals surface area (Å²) in [5, 5.41) is 0. The number of rotatable bonds is 10. The van der Waals surface area contributed by atoms with E-state index in [2.05, 4.69) is 0 Å². The summed E-state index contributed by atoms with van der Waals surface area (Å²) in [4.78, 5) is 13.9. The van der Waals surface area contributed by atoms with E-state index in [1.165, 1.54) is 0 Å². The van der Waals surface area contributed by atoms with Crippen LogP contribution in [-0.2, 0) is 4.79 Å². The number of Topliss-reactive ketones (excluding diaryl/α,β-unsaturated/α-hetero) is 1. The largest absolute Gasteiger partial charge is 0.298 e. The molecule has 176 valence electrons. The molecule has 0 bridgehead atoms. The molecule has 0 amide bonds. The zero-order valence-corrected chi connectivity index (χ0v) is 20.2. The van der Waals surface area contributed by atoms with Crippen molar-refractivity contribution in [1.82, 2.24) is 0 Å². The first kappa shape index (κ1) is 24.6. The third-order valence-electron chi connectivity index (χ3n) is 5.84. The highest BCUT2D eigenvalue weighted by Gasteiger charge is 2.19. The average Bonchev–Trinajstić information content (AvgIpc) is 2.95. The lowest BCUT2D eigenvalue weighted by Gasteiger charge is -2.13. The van der Waals surface area contributed by atoms with Crippen molar-refractivity contribution >= 4 is 30.1 Å². The molecular formula is C35H30O. The van der Waals surface area contributed by atoms with Crippen molar-refractivity contribution in [2.75, 3.05) is 0 Å². The van der Waals surface area contributed by atoms with Crippen LogP contribution in [0.2, 0.25) is 0 Å². The minimum absolute atomic E-state index is 0.119. The fourth-order valence-corrected chi connectivity index (χ4v) is 3.85. The molecule has 1 nitrogen and oxygen atoms in total. The highest BCUT2D eigenvalue weighted by atomic mass is 16.1. The maximum Gasteiger partial charge on any atom is 0.154 e. The highest BCUT2D eigenvalue weighted by Crippen LogP contribution is 2.20. The topological polar surface area (TPSA) is 17.1 Å². The number of allylic oxidation sites excluding steroid dienone is 4. The molecule has 0 N–H and O–H groups in total. The molecule has 0 radical (unpaired) electrons. The van der Waals surface area contributed by atoms with Crippen LogP contribution >= 0.6 is 0 Å².